The van der Waals surface area contributed by atoms with Gasteiger partial charge in [0.1, 0.15) is 5.75 Å². The average Bonchev–Trinajstić information content (AvgIpc) is 2.47. The Morgan fingerprint density at radius 3 is 2.32 bits per heavy atom. The minimum Gasteiger partial charge on any atom is -0.497 e. The Morgan fingerprint density at radius 2 is 1.58 bits per heavy atom. The van der Waals surface area contributed by atoms with E-state index >= 15 is 0 Å². The Bertz CT molecular complexity index is 565. The normalized spacial score (nSPS) is 23.5. The fourth-order valence-corrected chi connectivity index (χ4v) is 3.22. The van der Waals surface area contributed by atoms with Crippen molar-refractivity contribution in [2.45, 2.75) is 38.5 Å². The summed E-state index contributed by atoms with van der Waals surface area (Å²) >= 11 is 0. The van der Waals surface area contributed by atoms with Crippen LogP contribution in [0.15, 0.2) is 36.4 Å². The molecular weight excluding hydrogens is 232 g/mol. The van der Waals surface area contributed by atoms with E-state index in [9.17, 15) is 0 Å². The summed E-state index contributed by atoms with van der Waals surface area (Å²) in [6.07, 6.45) is 5.46. The molecule has 1 fully saturated rings. The molecule has 1 aliphatic rings. The maximum atomic E-state index is 5.28. The summed E-state index contributed by atoms with van der Waals surface area (Å²) in [5, 5.41) is 2.60. The van der Waals surface area contributed by atoms with Crippen LogP contribution in [0.3, 0.4) is 0 Å². The second-order valence-corrected chi connectivity index (χ2v) is 5.93. The molecule has 0 N–H and O–H groups in total. The van der Waals surface area contributed by atoms with E-state index in [-0.39, 0.29) is 0 Å². The number of hydrogen-bond donors (Lipinski definition) is 0. The van der Waals surface area contributed by atoms with Crippen LogP contribution in [0, 0.1) is 5.92 Å². The van der Waals surface area contributed by atoms with Gasteiger partial charge in [-0.15, -0.1) is 0 Å². The van der Waals surface area contributed by atoms with Crippen LogP contribution in [0.4, 0.5) is 0 Å². The number of ether oxygens (including phenoxy) is 1. The molecule has 0 atom stereocenters. The van der Waals surface area contributed by atoms with Gasteiger partial charge in [0.15, 0.2) is 0 Å². The fourth-order valence-electron chi connectivity index (χ4n) is 3.22. The highest BCUT2D eigenvalue weighted by Crippen LogP contribution is 2.36. The Kier molecular flexibility index (Phi) is 3.46. The van der Waals surface area contributed by atoms with Crippen LogP contribution in [0.5, 0.6) is 5.75 Å². The maximum absolute atomic E-state index is 5.28. The lowest BCUT2D eigenvalue weighted by molar-refractivity contribution is 0.348. The van der Waals surface area contributed by atoms with Gasteiger partial charge in [-0.3, -0.25) is 0 Å². The molecular formula is C18H22O. The third kappa shape index (κ3) is 2.60. The van der Waals surface area contributed by atoms with E-state index in [0.717, 1.165) is 17.6 Å². The second-order valence-electron chi connectivity index (χ2n) is 5.93. The van der Waals surface area contributed by atoms with Crippen LogP contribution in [-0.4, -0.2) is 7.11 Å². The molecule has 1 saturated carbocycles. The first-order valence-corrected chi connectivity index (χ1v) is 7.34. The van der Waals surface area contributed by atoms with Crippen LogP contribution in [0.1, 0.15) is 44.1 Å². The van der Waals surface area contributed by atoms with Gasteiger partial charge in [-0.1, -0.05) is 44.0 Å². The third-order valence-electron chi connectivity index (χ3n) is 4.56. The van der Waals surface area contributed by atoms with Crippen molar-refractivity contribution in [3.05, 3.63) is 42.0 Å². The predicted molar refractivity (Wildman–Crippen MR) is 80.9 cm³/mol. The number of methoxy groups -OCH3 is 1. The van der Waals surface area contributed by atoms with Gasteiger partial charge in [0.25, 0.3) is 0 Å². The standard InChI is InChI=1S/C18H22O/c1-13-3-5-14(6-4-13)15-7-8-17-12-18(19-2)10-9-16(17)11-15/h7-14H,3-6H2,1-2H3/t13-,14-. The zero-order valence-corrected chi connectivity index (χ0v) is 11.9. The summed E-state index contributed by atoms with van der Waals surface area (Å²) in [6, 6.07) is 13.3. The highest BCUT2D eigenvalue weighted by atomic mass is 16.5. The lowest BCUT2D eigenvalue weighted by Crippen LogP contribution is -2.10. The van der Waals surface area contributed by atoms with Crippen LogP contribution in [0.2, 0.25) is 0 Å². The van der Waals surface area contributed by atoms with E-state index in [4.69, 9.17) is 4.74 Å². The Morgan fingerprint density at radius 1 is 0.895 bits per heavy atom. The van der Waals surface area contributed by atoms with Crippen molar-refractivity contribution in [1.82, 2.24) is 0 Å². The summed E-state index contributed by atoms with van der Waals surface area (Å²) in [4.78, 5) is 0. The van der Waals surface area contributed by atoms with Crippen molar-refractivity contribution in [2.24, 2.45) is 5.92 Å². The van der Waals surface area contributed by atoms with Gasteiger partial charge in [-0.25, -0.2) is 0 Å². The van der Waals surface area contributed by atoms with Crippen molar-refractivity contribution in [1.29, 1.82) is 0 Å². The molecule has 0 aliphatic heterocycles. The van der Waals surface area contributed by atoms with E-state index in [1.54, 1.807) is 7.11 Å². The lowest BCUT2D eigenvalue weighted by Gasteiger charge is -2.26. The molecule has 2 aromatic carbocycles. The highest BCUT2D eigenvalue weighted by molar-refractivity contribution is 5.84. The van der Waals surface area contributed by atoms with E-state index in [2.05, 4.69) is 43.3 Å². The van der Waals surface area contributed by atoms with Gasteiger partial charge >= 0.3 is 0 Å². The first-order valence-electron chi connectivity index (χ1n) is 7.34. The predicted octanol–water partition coefficient (Wildman–Crippen LogP) is 5.14. The summed E-state index contributed by atoms with van der Waals surface area (Å²) in [5.41, 5.74) is 1.52. The summed E-state index contributed by atoms with van der Waals surface area (Å²) in [5.74, 6) is 2.62. The fraction of sp³-hybridized carbons (Fsp3) is 0.444. The number of fused-ring (bicyclic) bond motifs is 1. The molecule has 0 unspecified atom stereocenters. The molecule has 0 aromatic heterocycles. The van der Waals surface area contributed by atoms with E-state index in [1.165, 1.54) is 42.0 Å². The molecule has 19 heavy (non-hydrogen) atoms. The summed E-state index contributed by atoms with van der Waals surface area (Å²) in [6.45, 7) is 2.38. The van der Waals surface area contributed by atoms with E-state index in [0.29, 0.717) is 0 Å². The molecule has 2 aromatic rings. The summed E-state index contributed by atoms with van der Waals surface area (Å²) in [7, 11) is 1.72. The molecule has 0 heterocycles. The van der Waals surface area contributed by atoms with Gasteiger partial charge in [0.2, 0.25) is 0 Å². The number of rotatable bonds is 2. The third-order valence-corrected chi connectivity index (χ3v) is 4.56. The SMILES string of the molecule is COc1ccc2cc([C@H]3CC[C@H](C)CC3)ccc2c1. The molecule has 0 bridgehead atoms. The maximum Gasteiger partial charge on any atom is 0.119 e. The minimum absolute atomic E-state index is 0.766. The van der Waals surface area contributed by atoms with Crippen molar-refractivity contribution in [3.8, 4) is 5.75 Å². The van der Waals surface area contributed by atoms with Crippen LogP contribution >= 0.6 is 0 Å². The minimum atomic E-state index is 0.766. The van der Waals surface area contributed by atoms with Crippen LogP contribution < -0.4 is 4.74 Å². The zero-order valence-electron chi connectivity index (χ0n) is 11.9. The topological polar surface area (TPSA) is 9.23 Å². The largest absolute Gasteiger partial charge is 0.497 e. The van der Waals surface area contributed by atoms with Gasteiger partial charge in [0.05, 0.1) is 7.11 Å². The molecule has 0 spiro atoms. The Balaban J connectivity index is 1.89. The smallest absolute Gasteiger partial charge is 0.119 e. The monoisotopic (exact) mass is 254 g/mol. The van der Waals surface area contributed by atoms with Crippen molar-refractivity contribution < 1.29 is 4.74 Å². The van der Waals surface area contributed by atoms with Crippen molar-refractivity contribution in [3.63, 3.8) is 0 Å². The molecule has 1 nitrogen and oxygen atoms in total. The van der Waals surface area contributed by atoms with Crippen LogP contribution in [-0.2, 0) is 0 Å². The van der Waals surface area contributed by atoms with Crippen molar-refractivity contribution in [2.75, 3.05) is 7.11 Å². The molecule has 1 heteroatoms. The highest BCUT2D eigenvalue weighted by Gasteiger charge is 2.19. The first-order chi connectivity index (χ1) is 9.26. The molecule has 0 saturated heterocycles. The van der Waals surface area contributed by atoms with Gasteiger partial charge in [0, 0.05) is 0 Å². The first kappa shape index (κ1) is 12.5. The number of benzene rings is 2. The molecule has 0 amide bonds. The molecule has 0 radical (unpaired) electrons. The average molecular weight is 254 g/mol. The van der Waals surface area contributed by atoms with E-state index in [1.807, 2.05) is 0 Å². The van der Waals surface area contributed by atoms with Crippen LogP contribution in [0.25, 0.3) is 10.8 Å². The second kappa shape index (κ2) is 5.24. The zero-order chi connectivity index (χ0) is 13.2. The van der Waals surface area contributed by atoms with Gasteiger partial charge in [-0.2, -0.15) is 0 Å². The number of hydrogen-bond acceptors (Lipinski definition) is 1. The quantitative estimate of drug-likeness (QED) is 0.720. The molecule has 1 aliphatic carbocycles. The van der Waals surface area contributed by atoms with Crippen molar-refractivity contribution >= 4 is 10.8 Å². The summed E-state index contributed by atoms with van der Waals surface area (Å²) < 4.78 is 5.28. The molecule has 3 rings (SSSR count). The Labute approximate surface area is 115 Å². The lowest BCUT2D eigenvalue weighted by atomic mass is 9.79. The van der Waals surface area contributed by atoms with Gasteiger partial charge in [-0.05, 0) is 53.1 Å². The molecule has 100 valence electrons. The van der Waals surface area contributed by atoms with Gasteiger partial charge < -0.3 is 4.74 Å². The Hall–Kier alpha value is -1.50. The van der Waals surface area contributed by atoms with E-state index < -0.39 is 0 Å².